The third kappa shape index (κ3) is 3.45. The zero-order valence-corrected chi connectivity index (χ0v) is 12.0. The van der Waals surface area contributed by atoms with E-state index >= 15 is 0 Å². The second-order valence-electron chi connectivity index (χ2n) is 6.85. The molecule has 1 saturated carbocycles. The fourth-order valence-corrected chi connectivity index (χ4v) is 3.72. The lowest BCUT2D eigenvalue weighted by Crippen LogP contribution is -2.40. The maximum atomic E-state index is 6.15. The van der Waals surface area contributed by atoms with Gasteiger partial charge in [-0.25, -0.2) is 0 Å². The molecule has 2 heteroatoms. The minimum Gasteiger partial charge on any atom is -0.372 e. The number of hydrogen-bond acceptors (Lipinski definition) is 2. The average molecular weight is 239 g/mol. The van der Waals surface area contributed by atoms with E-state index in [1.54, 1.807) is 0 Å². The largest absolute Gasteiger partial charge is 0.372 e. The van der Waals surface area contributed by atoms with Crippen LogP contribution in [0.5, 0.6) is 0 Å². The molecule has 2 nitrogen and oxygen atoms in total. The molecule has 2 rings (SSSR count). The van der Waals surface area contributed by atoms with Crippen LogP contribution in [0.25, 0.3) is 0 Å². The molecule has 0 aromatic carbocycles. The fourth-order valence-electron chi connectivity index (χ4n) is 3.72. The van der Waals surface area contributed by atoms with Crippen LogP contribution in [-0.4, -0.2) is 24.8 Å². The molecule has 4 atom stereocenters. The standard InChI is InChI=1S/C15H29NO/c1-11-5-6-14(16-4)12(9-11)10-13-7-8-15(2,3)17-13/h11-14,16H,5-10H2,1-4H3. The van der Waals surface area contributed by atoms with Crippen molar-refractivity contribution in [2.75, 3.05) is 7.05 Å². The lowest BCUT2D eigenvalue weighted by molar-refractivity contribution is -0.0299. The highest BCUT2D eigenvalue weighted by atomic mass is 16.5. The van der Waals surface area contributed by atoms with Crippen LogP contribution < -0.4 is 5.32 Å². The molecule has 1 saturated heterocycles. The Morgan fingerprint density at radius 2 is 2.00 bits per heavy atom. The zero-order valence-electron chi connectivity index (χ0n) is 12.0. The Bertz CT molecular complexity index is 251. The summed E-state index contributed by atoms with van der Waals surface area (Å²) in [4.78, 5) is 0. The van der Waals surface area contributed by atoms with Crippen LogP contribution in [0.1, 0.15) is 59.3 Å². The van der Waals surface area contributed by atoms with Gasteiger partial charge < -0.3 is 10.1 Å². The first-order chi connectivity index (χ1) is 8.00. The minimum atomic E-state index is 0.125. The summed E-state index contributed by atoms with van der Waals surface area (Å²) in [6.45, 7) is 6.86. The Morgan fingerprint density at radius 3 is 2.59 bits per heavy atom. The van der Waals surface area contributed by atoms with E-state index in [-0.39, 0.29) is 5.60 Å². The lowest BCUT2D eigenvalue weighted by atomic mass is 9.76. The van der Waals surface area contributed by atoms with E-state index in [4.69, 9.17) is 4.74 Å². The van der Waals surface area contributed by atoms with Crippen LogP contribution in [0.3, 0.4) is 0 Å². The van der Waals surface area contributed by atoms with Crippen LogP contribution in [0, 0.1) is 11.8 Å². The van der Waals surface area contributed by atoms with Gasteiger partial charge in [0.05, 0.1) is 11.7 Å². The topological polar surface area (TPSA) is 21.3 Å². The van der Waals surface area contributed by atoms with Crippen molar-refractivity contribution < 1.29 is 4.74 Å². The summed E-state index contributed by atoms with van der Waals surface area (Å²) in [5, 5.41) is 3.51. The number of hydrogen-bond donors (Lipinski definition) is 1. The Kier molecular flexibility index (Phi) is 4.14. The summed E-state index contributed by atoms with van der Waals surface area (Å²) in [6.07, 6.45) is 8.37. The highest BCUT2D eigenvalue weighted by Gasteiger charge is 2.36. The Hall–Kier alpha value is -0.0800. The zero-order chi connectivity index (χ0) is 12.5. The second kappa shape index (κ2) is 5.27. The average Bonchev–Trinajstić information content (AvgIpc) is 2.58. The predicted octanol–water partition coefficient (Wildman–Crippen LogP) is 3.36. The van der Waals surface area contributed by atoms with Gasteiger partial charge in [0.2, 0.25) is 0 Å². The molecule has 100 valence electrons. The summed E-state index contributed by atoms with van der Waals surface area (Å²) < 4.78 is 6.15. The molecule has 1 aliphatic heterocycles. The molecule has 0 spiro atoms. The van der Waals surface area contributed by atoms with Gasteiger partial charge in [-0.15, -0.1) is 0 Å². The van der Waals surface area contributed by atoms with Gasteiger partial charge in [-0.3, -0.25) is 0 Å². The molecule has 4 unspecified atom stereocenters. The van der Waals surface area contributed by atoms with Crippen molar-refractivity contribution in [3.05, 3.63) is 0 Å². The van der Waals surface area contributed by atoms with E-state index in [2.05, 4.69) is 33.1 Å². The molecule has 0 radical (unpaired) electrons. The first-order valence-electron chi connectivity index (χ1n) is 7.35. The van der Waals surface area contributed by atoms with E-state index in [1.807, 2.05) is 0 Å². The van der Waals surface area contributed by atoms with Crippen molar-refractivity contribution in [3.8, 4) is 0 Å². The van der Waals surface area contributed by atoms with E-state index in [0.717, 1.165) is 17.9 Å². The highest BCUT2D eigenvalue weighted by Crippen LogP contribution is 2.37. The van der Waals surface area contributed by atoms with Gasteiger partial charge in [0.15, 0.2) is 0 Å². The first kappa shape index (κ1) is 13.4. The molecular formula is C15H29NO. The molecule has 0 bridgehead atoms. The predicted molar refractivity (Wildman–Crippen MR) is 72.2 cm³/mol. The molecule has 2 aliphatic rings. The quantitative estimate of drug-likeness (QED) is 0.815. The molecule has 17 heavy (non-hydrogen) atoms. The molecule has 0 aromatic rings. The van der Waals surface area contributed by atoms with Crippen molar-refractivity contribution in [1.29, 1.82) is 0 Å². The minimum absolute atomic E-state index is 0.125. The summed E-state index contributed by atoms with van der Waals surface area (Å²) in [5.74, 6) is 1.72. The van der Waals surface area contributed by atoms with Gasteiger partial charge >= 0.3 is 0 Å². The fraction of sp³-hybridized carbons (Fsp3) is 1.00. The molecular weight excluding hydrogens is 210 g/mol. The van der Waals surface area contributed by atoms with Gasteiger partial charge in [-0.1, -0.05) is 6.92 Å². The van der Waals surface area contributed by atoms with E-state index < -0.39 is 0 Å². The van der Waals surface area contributed by atoms with Crippen molar-refractivity contribution in [2.24, 2.45) is 11.8 Å². The van der Waals surface area contributed by atoms with Crippen molar-refractivity contribution in [2.45, 2.75) is 77.0 Å². The summed E-state index contributed by atoms with van der Waals surface area (Å²) in [6, 6.07) is 0.721. The van der Waals surface area contributed by atoms with E-state index in [1.165, 1.54) is 38.5 Å². The molecule has 1 aliphatic carbocycles. The Morgan fingerprint density at radius 1 is 1.24 bits per heavy atom. The van der Waals surface area contributed by atoms with Gasteiger partial charge in [-0.05, 0) is 71.3 Å². The van der Waals surface area contributed by atoms with Gasteiger partial charge in [0.25, 0.3) is 0 Å². The SMILES string of the molecule is CNC1CCC(C)CC1CC1CCC(C)(C)O1. The monoisotopic (exact) mass is 239 g/mol. The Labute approximate surface area is 107 Å². The molecule has 1 heterocycles. The second-order valence-corrected chi connectivity index (χ2v) is 6.85. The first-order valence-corrected chi connectivity index (χ1v) is 7.35. The van der Waals surface area contributed by atoms with Crippen LogP contribution >= 0.6 is 0 Å². The maximum absolute atomic E-state index is 6.15. The van der Waals surface area contributed by atoms with Crippen molar-refractivity contribution >= 4 is 0 Å². The molecule has 1 N–H and O–H groups in total. The number of nitrogens with one attached hydrogen (secondary N) is 1. The number of ether oxygens (including phenoxy) is 1. The highest BCUT2D eigenvalue weighted by molar-refractivity contribution is 4.88. The maximum Gasteiger partial charge on any atom is 0.0631 e. The smallest absolute Gasteiger partial charge is 0.0631 e. The van der Waals surface area contributed by atoms with Crippen molar-refractivity contribution in [3.63, 3.8) is 0 Å². The van der Waals surface area contributed by atoms with Gasteiger partial charge in [-0.2, -0.15) is 0 Å². The van der Waals surface area contributed by atoms with E-state index in [9.17, 15) is 0 Å². The normalized spacial score (nSPS) is 41.6. The third-order valence-electron chi connectivity index (χ3n) is 4.74. The van der Waals surface area contributed by atoms with Crippen LogP contribution in [0.4, 0.5) is 0 Å². The van der Waals surface area contributed by atoms with Crippen LogP contribution in [-0.2, 0) is 4.74 Å². The van der Waals surface area contributed by atoms with Crippen LogP contribution in [0.15, 0.2) is 0 Å². The third-order valence-corrected chi connectivity index (χ3v) is 4.74. The van der Waals surface area contributed by atoms with Gasteiger partial charge in [0, 0.05) is 6.04 Å². The Balaban J connectivity index is 1.88. The molecule has 0 aromatic heterocycles. The van der Waals surface area contributed by atoms with Gasteiger partial charge in [0.1, 0.15) is 0 Å². The molecule has 2 fully saturated rings. The van der Waals surface area contributed by atoms with Crippen molar-refractivity contribution in [1.82, 2.24) is 5.32 Å². The van der Waals surface area contributed by atoms with Crippen LogP contribution in [0.2, 0.25) is 0 Å². The summed E-state index contributed by atoms with van der Waals surface area (Å²) >= 11 is 0. The number of rotatable bonds is 3. The molecule has 0 amide bonds. The summed E-state index contributed by atoms with van der Waals surface area (Å²) in [7, 11) is 2.12. The van der Waals surface area contributed by atoms with E-state index in [0.29, 0.717) is 6.10 Å². The lowest BCUT2D eigenvalue weighted by Gasteiger charge is -2.36. The summed E-state index contributed by atoms with van der Waals surface area (Å²) in [5.41, 5.74) is 0.125.